The van der Waals surface area contributed by atoms with Gasteiger partial charge in [-0.1, -0.05) is 0 Å². The summed E-state index contributed by atoms with van der Waals surface area (Å²) in [6.45, 7) is 1.79. The van der Waals surface area contributed by atoms with Crippen LogP contribution in [0.15, 0.2) is 26.6 Å². The van der Waals surface area contributed by atoms with Crippen molar-refractivity contribution in [3.8, 4) is 0 Å². The van der Waals surface area contributed by atoms with Gasteiger partial charge in [0, 0.05) is 0 Å². The summed E-state index contributed by atoms with van der Waals surface area (Å²) in [5.41, 5.74) is 0.734. The van der Waals surface area contributed by atoms with Crippen LogP contribution in [0.1, 0.15) is 15.4 Å². The Hall–Kier alpha value is -1.14. The molecule has 0 spiro atoms. The lowest BCUT2D eigenvalue weighted by molar-refractivity contribution is 0.102. The first-order valence-corrected chi connectivity index (χ1v) is 5.75. The topological polar surface area (TPSA) is 55.1 Å². The van der Waals surface area contributed by atoms with Crippen molar-refractivity contribution in [1.82, 2.24) is 4.98 Å². The van der Waals surface area contributed by atoms with Gasteiger partial charge in [-0.25, -0.2) is 0 Å². The van der Waals surface area contributed by atoms with Crippen LogP contribution < -0.4 is 5.32 Å². The Morgan fingerprint density at radius 2 is 2.40 bits per heavy atom. The quantitative estimate of drug-likeness (QED) is 0.923. The van der Waals surface area contributed by atoms with Crippen LogP contribution in [0, 0.1) is 6.92 Å². The van der Waals surface area contributed by atoms with Crippen molar-refractivity contribution in [3.05, 3.63) is 32.8 Å². The van der Waals surface area contributed by atoms with Crippen molar-refractivity contribution in [3.63, 3.8) is 0 Å². The summed E-state index contributed by atoms with van der Waals surface area (Å²) in [4.78, 5) is 16.2. The third kappa shape index (κ3) is 2.45. The maximum atomic E-state index is 11.6. The van der Waals surface area contributed by atoms with Crippen LogP contribution >= 0.6 is 27.3 Å². The fourth-order valence-electron chi connectivity index (χ4n) is 1.01. The van der Waals surface area contributed by atoms with Crippen LogP contribution in [0.5, 0.6) is 0 Å². The predicted molar refractivity (Wildman–Crippen MR) is 61.2 cm³/mol. The Labute approximate surface area is 98.5 Å². The summed E-state index contributed by atoms with van der Waals surface area (Å²) < 4.78 is 5.93. The normalized spacial score (nSPS) is 10.3. The minimum atomic E-state index is -0.215. The number of hydrogen-bond donors (Lipinski definition) is 1. The van der Waals surface area contributed by atoms with E-state index >= 15 is 0 Å². The summed E-state index contributed by atoms with van der Waals surface area (Å²) in [7, 11) is 0. The lowest BCUT2D eigenvalue weighted by Gasteiger charge is -1.95. The van der Waals surface area contributed by atoms with Gasteiger partial charge in [-0.3, -0.25) is 10.1 Å². The molecular weight excluding hydrogens is 280 g/mol. The number of carbonyl (C=O) groups is 1. The standard InChI is InChI=1S/C9H7BrN2O2S/c1-5-4-14-9(11-5)12-8(13)6-2-3-7(10)15-6/h2-4H,1H3,(H,11,12,13). The summed E-state index contributed by atoms with van der Waals surface area (Å²) in [5, 5.41) is 2.57. The van der Waals surface area contributed by atoms with E-state index in [0.29, 0.717) is 4.88 Å². The second kappa shape index (κ2) is 4.16. The summed E-state index contributed by atoms with van der Waals surface area (Å²) in [6.07, 6.45) is 1.49. The lowest BCUT2D eigenvalue weighted by Crippen LogP contribution is -2.10. The molecule has 2 rings (SSSR count). The van der Waals surface area contributed by atoms with Crippen molar-refractivity contribution in [2.24, 2.45) is 0 Å². The molecule has 0 aromatic carbocycles. The number of halogens is 1. The molecule has 0 radical (unpaired) electrons. The minimum Gasteiger partial charge on any atom is -0.432 e. The third-order valence-electron chi connectivity index (χ3n) is 1.64. The fraction of sp³-hybridized carbons (Fsp3) is 0.111. The molecule has 78 valence electrons. The van der Waals surface area contributed by atoms with Crippen LogP contribution in [0.2, 0.25) is 0 Å². The average molecular weight is 287 g/mol. The molecule has 0 aliphatic rings. The average Bonchev–Trinajstić information content (AvgIpc) is 2.75. The van der Waals surface area contributed by atoms with E-state index in [0.717, 1.165) is 9.48 Å². The molecule has 0 saturated heterocycles. The molecule has 0 unspecified atom stereocenters. The van der Waals surface area contributed by atoms with Crippen LogP contribution in [-0.4, -0.2) is 10.9 Å². The van der Waals surface area contributed by atoms with Gasteiger partial charge in [0.25, 0.3) is 5.91 Å². The van der Waals surface area contributed by atoms with E-state index in [1.54, 1.807) is 13.0 Å². The van der Waals surface area contributed by atoms with Crippen LogP contribution in [0.25, 0.3) is 0 Å². The van der Waals surface area contributed by atoms with Crippen molar-refractivity contribution in [2.45, 2.75) is 6.92 Å². The second-order valence-corrected chi connectivity index (χ2v) is 5.31. The minimum absolute atomic E-state index is 0.215. The van der Waals surface area contributed by atoms with E-state index in [-0.39, 0.29) is 11.9 Å². The number of oxazole rings is 1. The van der Waals surface area contributed by atoms with Crippen LogP contribution in [0.3, 0.4) is 0 Å². The molecule has 0 aliphatic carbocycles. The van der Waals surface area contributed by atoms with Crippen molar-refractivity contribution in [1.29, 1.82) is 0 Å². The number of nitrogens with zero attached hydrogens (tertiary/aromatic N) is 1. The molecule has 0 fully saturated rings. The molecular formula is C9H7BrN2O2S. The molecule has 0 saturated carbocycles. The van der Waals surface area contributed by atoms with Gasteiger partial charge in [-0.2, -0.15) is 4.98 Å². The van der Waals surface area contributed by atoms with E-state index in [2.05, 4.69) is 26.2 Å². The number of nitrogens with one attached hydrogen (secondary N) is 1. The first kappa shape index (κ1) is 10.4. The van der Waals surface area contributed by atoms with Gasteiger partial charge < -0.3 is 4.42 Å². The number of hydrogen-bond acceptors (Lipinski definition) is 4. The molecule has 2 aromatic heterocycles. The van der Waals surface area contributed by atoms with E-state index in [4.69, 9.17) is 4.42 Å². The molecule has 0 atom stereocenters. The fourth-order valence-corrected chi connectivity index (χ4v) is 2.29. The number of thiophene rings is 1. The molecule has 15 heavy (non-hydrogen) atoms. The Kier molecular flexibility index (Phi) is 2.88. The molecule has 1 amide bonds. The van der Waals surface area contributed by atoms with E-state index < -0.39 is 0 Å². The van der Waals surface area contributed by atoms with Crippen LogP contribution in [0.4, 0.5) is 6.01 Å². The predicted octanol–water partition coefficient (Wildman–Crippen LogP) is 3.06. The maximum absolute atomic E-state index is 11.6. The molecule has 0 bridgehead atoms. The lowest BCUT2D eigenvalue weighted by atomic mass is 10.4. The van der Waals surface area contributed by atoms with Gasteiger partial charge in [0.2, 0.25) is 0 Å². The number of amides is 1. The molecule has 4 nitrogen and oxygen atoms in total. The molecule has 1 N–H and O–H groups in total. The van der Waals surface area contributed by atoms with E-state index in [1.165, 1.54) is 17.6 Å². The SMILES string of the molecule is Cc1coc(NC(=O)c2ccc(Br)s2)n1. The summed E-state index contributed by atoms with van der Waals surface area (Å²) in [6, 6.07) is 3.78. The smallest absolute Gasteiger partial charge is 0.301 e. The number of anilines is 1. The molecule has 2 heterocycles. The Morgan fingerprint density at radius 1 is 1.60 bits per heavy atom. The molecule has 6 heteroatoms. The number of aryl methyl sites for hydroxylation is 1. The van der Waals surface area contributed by atoms with Gasteiger partial charge in [0.05, 0.1) is 14.4 Å². The van der Waals surface area contributed by atoms with Gasteiger partial charge in [0.1, 0.15) is 6.26 Å². The second-order valence-electron chi connectivity index (χ2n) is 2.85. The monoisotopic (exact) mass is 286 g/mol. The third-order valence-corrected chi connectivity index (χ3v) is 3.26. The number of rotatable bonds is 2. The van der Waals surface area contributed by atoms with E-state index in [1.807, 2.05) is 6.07 Å². The molecule has 0 aliphatic heterocycles. The zero-order chi connectivity index (χ0) is 10.8. The highest BCUT2D eigenvalue weighted by Gasteiger charge is 2.11. The highest BCUT2D eigenvalue weighted by molar-refractivity contribution is 9.11. The van der Waals surface area contributed by atoms with Crippen molar-refractivity contribution < 1.29 is 9.21 Å². The van der Waals surface area contributed by atoms with Gasteiger partial charge in [-0.05, 0) is 35.0 Å². The first-order chi connectivity index (χ1) is 7.15. The number of aromatic nitrogens is 1. The van der Waals surface area contributed by atoms with Gasteiger partial charge in [-0.15, -0.1) is 11.3 Å². The summed E-state index contributed by atoms with van der Waals surface area (Å²) >= 11 is 4.65. The van der Waals surface area contributed by atoms with Gasteiger partial charge >= 0.3 is 6.01 Å². The van der Waals surface area contributed by atoms with Crippen molar-refractivity contribution >= 4 is 39.2 Å². The first-order valence-electron chi connectivity index (χ1n) is 4.14. The van der Waals surface area contributed by atoms with Crippen LogP contribution in [-0.2, 0) is 0 Å². The Bertz CT molecular complexity index is 492. The zero-order valence-corrected chi connectivity index (χ0v) is 10.2. The van der Waals surface area contributed by atoms with Crippen molar-refractivity contribution in [2.75, 3.05) is 5.32 Å². The highest BCUT2D eigenvalue weighted by Crippen LogP contribution is 2.22. The molecule has 2 aromatic rings. The number of carbonyl (C=O) groups excluding carboxylic acids is 1. The highest BCUT2D eigenvalue weighted by atomic mass is 79.9. The Morgan fingerprint density at radius 3 is 2.93 bits per heavy atom. The Balaban J connectivity index is 2.10. The zero-order valence-electron chi connectivity index (χ0n) is 7.78. The summed E-state index contributed by atoms with van der Waals surface area (Å²) in [5.74, 6) is -0.215. The maximum Gasteiger partial charge on any atom is 0.301 e. The van der Waals surface area contributed by atoms with E-state index in [9.17, 15) is 4.79 Å². The largest absolute Gasteiger partial charge is 0.432 e. The van der Waals surface area contributed by atoms with Gasteiger partial charge in [0.15, 0.2) is 0 Å².